The molecule has 1 atom stereocenters. The largest absolute Gasteiger partial charge is 0.495 e. The summed E-state index contributed by atoms with van der Waals surface area (Å²) in [6, 6.07) is 11.9. The van der Waals surface area contributed by atoms with Gasteiger partial charge >= 0.3 is 11.7 Å². The number of carbonyl (C=O) groups excluding carboxylic acids is 2. The van der Waals surface area contributed by atoms with Crippen LogP contribution in [-0.4, -0.2) is 29.7 Å². The van der Waals surface area contributed by atoms with Crippen molar-refractivity contribution in [2.45, 2.75) is 32.4 Å². The van der Waals surface area contributed by atoms with Crippen LogP contribution in [0.15, 0.2) is 51.7 Å². The van der Waals surface area contributed by atoms with Crippen LogP contribution in [0.2, 0.25) is 5.02 Å². The molecule has 0 aliphatic rings. The first-order valence-electron chi connectivity index (χ1n) is 9.31. The fourth-order valence-corrected chi connectivity index (χ4v) is 3.10. The molecule has 158 valence electrons. The summed E-state index contributed by atoms with van der Waals surface area (Å²) in [7, 11) is 1.47. The minimum Gasteiger partial charge on any atom is -0.495 e. The van der Waals surface area contributed by atoms with Crippen molar-refractivity contribution in [3.63, 3.8) is 0 Å². The lowest BCUT2D eigenvalue weighted by molar-refractivity contribution is -0.153. The molecule has 30 heavy (non-hydrogen) atoms. The first-order valence-corrected chi connectivity index (χ1v) is 9.69. The number of nitrogens with zero attached hydrogens (tertiary/aromatic N) is 1. The third-order valence-corrected chi connectivity index (χ3v) is 4.67. The quantitative estimate of drug-likeness (QED) is 0.546. The predicted molar refractivity (Wildman–Crippen MR) is 112 cm³/mol. The Morgan fingerprint density at radius 1 is 1.23 bits per heavy atom. The lowest BCUT2D eigenvalue weighted by Crippen LogP contribution is -2.30. The molecule has 1 unspecified atom stereocenters. The van der Waals surface area contributed by atoms with Crippen molar-refractivity contribution >= 4 is 40.3 Å². The van der Waals surface area contributed by atoms with Gasteiger partial charge in [-0.2, -0.15) is 0 Å². The van der Waals surface area contributed by atoms with Crippen molar-refractivity contribution in [3.05, 3.63) is 58.0 Å². The molecule has 1 N–H and O–H groups in total. The number of methoxy groups -OCH3 is 1. The molecule has 0 saturated carbocycles. The third kappa shape index (κ3) is 5.01. The number of fused-ring (bicyclic) bond motifs is 1. The zero-order valence-electron chi connectivity index (χ0n) is 16.5. The Labute approximate surface area is 177 Å². The molecule has 1 aromatic heterocycles. The summed E-state index contributed by atoms with van der Waals surface area (Å²) in [5.41, 5.74) is 1.54. The summed E-state index contributed by atoms with van der Waals surface area (Å²) in [6.45, 7) is 1.77. The second-order valence-corrected chi connectivity index (χ2v) is 6.99. The van der Waals surface area contributed by atoms with Gasteiger partial charge in [0, 0.05) is 18.0 Å². The summed E-state index contributed by atoms with van der Waals surface area (Å²) < 4.78 is 17.0. The maximum atomic E-state index is 12.3. The Morgan fingerprint density at radius 2 is 2.00 bits per heavy atom. The molecule has 3 rings (SSSR count). The van der Waals surface area contributed by atoms with Gasteiger partial charge in [-0.1, -0.05) is 23.7 Å². The highest BCUT2D eigenvalue weighted by Crippen LogP contribution is 2.27. The number of nitrogens with one attached hydrogen (secondary N) is 1. The van der Waals surface area contributed by atoms with E-state index in [9.17, 15) is 14.4 Å². The van der Waals surface area contributed by atoms with E-state index in [1.807, 2.05) is 0 Å². The van der Waals surface area contributed by atoms with Crippen molar-refractivity contribution in [1.29, 1.82) is 0 Å². The molecule has 0 fully saturated rings. The van der Waals surface area contributed by atoms with Crippen LogP contribution >= 0.6 is 11.6 Å². The molecule has 1 amide bonds. The van der Waals surface area contributed by atoms with E-state index in [4.69, 9.17) is 25.5 Å². The van der Waals surface area contributed by atoms with Crippen LogP contribution < -0.4 is 15.8 Å². The van der Waals surface area contributed by atoms with Gasteiger partial charge in [0.15, 0.2) is 11.7 Å². The number of hydrogen-bond acceptors (Lipinski definition) is 6. The van der Waals surface area contributed by atoms with E-state index in [2.05, 4.69) is 5.32 Å². The molecule has 2 aromatic carbocycles. The number of para-hydroxylation sites is 2. The number of carbonyl (C=O) groups is 2. The van der Waals surface area contributed by atoms with Crippen molar-refractivity contribution in [2.75, 3.05) is 12.4 Å². The Balaban J connectivity index is 1.52. The van der Waals surface area contributed by atoms with E-state index in [1.54, 1.807) is 42.5 Å². The molecular formula is C21H21ClN2O6. The van der Waals surface area contributed by atoms with Crippen LogP contribution in [0.5, 0.6) is 5.75 Å². The first kappa shape index (κ1) is 21.4. The lowest BCUT2D eigenvalue weighted by atomic mass is 10.2. The van der Waals surface area contributed by atoms with E-state index < -0.39 is 23.7 Å². The zero-order chi connectivity index (χ0) is 21.7. The lowest BCUT2D eigenvalue weighted by Gasteiger charge is -2.15. The predicted octanol–water partition coefficient (Wildman–Crippen LogP) is 3.61. The Bertz CT molecular complexity index is 1120. The molecule has 8 nitrogen and oxygen atoms in total. The molecule has 0 saturated heterocycles. The minimum atomic E-state index is -1.02. The maximum absolute atomic E-state index is 12.3. The Hall–Kier alpha value is -3.26. The first-order chi connectivity index (χ1) is 14.4. The van der Waals surface area contributed by atoms with Gasteiger partial charge in [-0.25, -0.2) is 4.79 Å². The van der Waals surface area contributed by atoms with Crippen molar-refractivity contribution < 1.29 is 23.5 Å². The summed E-state index contributed by atoms with van der Waals surface area (Å²) >= 11 is 5.94. The normalized spacial score (nSPS) is 11.8. The molecular weight excluding hydrogens is 412 g/mol. The van der Waals surface area contributed by atoms with Crippen LogP contribution in [0, 0.1) is 0 Å². The van der Waals surface area contributed by atoms with Crippen molar-refractivity contribution in [2.24, 2.45) is 0 Å². The molecule has 1 heterocycles. The average Bonchev–Trinajstić information content (AvgIpc) is 3.03. The number of hydrogen-bond donors (Lipinski definition) is 1. The van der Waals surface area contributed by atoms with E-state index in [0.717, 1.165) is 0 Å². The highest BCUT2D eigenvalue weighted by atomic mass is 35.5. The zero-order valence-corrected chi connectivity index (χ0v) is 17.3. The highest BCUT2D eigenvalue weighted by molar-refractivity contribution is 6.31. The van der Waals surface area contributed by atoms with Gasteiger partial charge in [-0.05, 0) is 43.7 Å². The van der Waals surface area contributed by atoms with Gasteiger partial charge in [0.25, 0.3) is 5.91 Å². The van der Waals surface area contributed by atoms with E-state index >= 15 is 0 Å². The highest BCUT2D eigenvalue weighted by Gasteiger charge is 2.19. The minimum absolute atomic E-state index is 0.0457. The van der Waals surface area contributed by atoms with Crippen LogP contribution in [0.25, 0.3) is 11.1 Å². The van der Waals surface area contributed by atoms with Crippen molar-refractivity contribution in [1.82, 2.24) is 4.57 Å². The molecule has 9 heteroatoms. The number of oxazole rings is 1. The molecule has 0 aliphatic heterocycles. The van der Waals surface area contributed by atoms with Crippen molar-refractivity contribution in [3.8, 4) is 5.75 Å². The number of benzene rings is 2. The number of aryl methyl sites for hydroxylation is 1. The van der Waals surface area contributed by atoms with E-state index in [-0.39, 0.29) is 6.42 Å². The number of anilines is 1. The number of halogens is 1. The van der Waals surface area contributed by atoms with Gasteiger partial charge in [-0.15, -0.1) is 0 Å². The number of rotatable bonds is 8. The fraction of sp³-hybridized carbons (Fsp3) is 0.286. The molecule has 0 spiro atoms. The van der Waals surface area contributed by atoms with Gasteiger partial charge in [0.1, 0.15) is 5.75 Å². The van der Waals surface area contributed by atoms with Gasteiger partial charge in [0.2, 0.25) is 0 Å². The number of ether oxygens (including phenoxy) is 2. The molecule has 0 bridgehead atoms. The monoisotopic (exact) mass is 432 g/mol. The summed E-state index contributed by atoms with van der Waals surface area (Å²) in [5, 5.41) is 3.06. The van der Waals surface area contributed by atoms with E-state index in [1.165, 1.54) is 18.6 Å². The van der Waals surface area contributed by atoms with Crippen LogP contribution in [-0.2, 0) is 20.9 Å². The van der Waals surface area contributed by atoms with Gasteiger partial charge < -0.3 is 19.2 Å². The molecule has 3 aromatic rings. The van der Waals surface area contributed by atoms with E-state index in [0.29, 0.717) is 40.5 Å². The average molecular weight is 433 g/mol. The Kier molecular flexibility index (Phi) is 6.79. The smallest absolute Gasteiger partial charge is 0.419 e. The SMILES string of the molecule is COc1ccc(Cl)cc1NC(=O)C(C)OC(=O)CCCn1c(=O)oc2ccccc21. The van der Waals surface area contributed by atoms with Gasteiger partial charge in [0.05, 0.1) is 18.3 Å². The Morgan fingerprint density at radius 3 is 2.77 bits per heavy atom. The summed E-state index contributed by atoms with van der Waals surface area (Å²) in [4.78, 5) is 36.4. The number of aromatic nitrogens is 1. The van der Waals surface area contributed by atoms with Crippen LogP contribution in [0.1, 0.15) is 19.8 Å². The van der Waals surface area contributed by atoms with Crippen LogP contribution in [0.4, 0.5) is 5.69 Å². The standard InChI is InChI=1S/C21H21ClN2O6/c1-13(20(26)23-15-12-14(22)9-10-17(15)28-2)29-19(25)8-5-11-24-16-6-3-4-7-18(16)30-21(24)27/h3-4,6-7,9-10,12-13H,5,8,11H2,1-2H3,(H,23,26). The molecule has 0 aliphatic carbocycles. The summed E-state index contributed by atoms with van der Waals surface area (Å²) in [5.74, 6) is -1.10. The third-order valence-electron chi connectivity index (χ3n) is 4.43. The maximum Gasteiger partial charge on any atom is 0.419 e. The second-order valence-electron chi connectivity index (χ2n) is 6.56. The number of esters is 1. The summed E-state index contributed by atoms with van der Waals surface area (Å²) in [6.07, 6.45) is -0.610. The number of amides is 1. The second kappa shape index (κ2) is 9.49. The fourth-order valence-electron chi connectivity index (χ4n) is 2.93. The van der Waals surface area contributed by atoms with Gasteiger partial charge in [-0.3, -0.25) is 14.2 Å². The molecule has 0 radical (unpaired) electrons. The van der Waals surface area contributed by atoms with Crippen LogP contribution in [0.3, 0.4) is 0 Å². The topological polar surface area (TPSA) is 99.8 Å².